The number of halogens is 1. The summed E-state index contributed by atoms with van der Waals surface area (Å²) in [5.41, 5.74) is 2.60. The maximum Gasteiger partial charge on any atom is 0.229 e. The normalized spacial score (nSPS) is 16.5. The predicted octanol–water partition coefficient (Wildman–Crippen LogP) is 3.69. The smallest absolute Gasteiger partial charge is 0.229 e. The van der Waals surface area contributed by atoms with E-state index >= 15 is 0 Å². The highest BCUT2D eigenvalue weighted by molar-refractivity contribution is 6.31. The summed E-state index contributed by atoms with van der Waals surface area (Å²) < 4.78 is 5.30. The first-order chi connectivity index (χ1) is 13.0. The Bertz CT molecular complexity index is 839. The van der Waals surface area contributed by atoms with E-state index in [1.165, 1.54) is 12.7 Å². The minimum atomic E-state index is -0.367. The molecule has 5 nitrogen and oxygen atoms in total. The van der Waals surface area contributed by atoms with Crippen LogP contribution in [0.1, 0.15) is 17.5 Å². The molecule has 2 amide bonds. The van der Waals surface area contributed by atoms with E-state index in [1.54, 1.807) is 17.0 Å². The second-order valence-corrected chi connectivity index (χ2v) is 7.17. The molecule has 0 unspecified atom stereocenters. The molecule has 1 aliphatic rings. The van der Waals surface area contributed by atoms with Crippen LogP contribution in [0.2, 0.25) is 5.02 Å². The van der Waals surface area contributed by atoms with Crippen LogP contribution in [0.5, 0.6) is 5.75 Å². The fourth-order valence-electron chi connectivity index (χ4n) is 3.24. The molecule has 3 rings (SSSR count). The van der Waals surface area contributed by atoms with E-state index in [1.807, 2.05) is 37.3 Å². The van der Waals surface area contributed by atoms with Gasteiger partial charge in [-0.25, -0.2) is 0 Å². The number of carbonyl (C=O) groups is 2. The minimum absolute atomic E-state index is 0.0188. The van der Waals surface area contributed by atoms with Gasteiger partial charge >= 0.3 is 0 Å². The summed E-state index contributed by atoms with van der Waals surface area (Å²) in [5, 5.41) is 3.46. The summed E-state index contributed by atoms with van der Waals surface area (Å²) in [6, 6.07) is 13.5. The molecule has 2 aromatic rings. The van der Waals surface area contributed by atoms with Crippen LogP contribution in [0.3, 0.4) is 0 Å². The first-order valence-corrected chi connectivity index (χ1v) is 9.32. The second kappa shape index (κ2) is 8.44. The third-order valence-corrected chi connectivity index (χ3v) is 5.24. The van der Waals surface area contributed by atoms with Crippen molar-refractivity contribution in [1.29, 1.82) is 0 Å². The molecule has 0 saturated carbocycles. The third-order valence-electron chi connectivity index (χ3n) is 4.84. The Kier molecular flexibility index (Phi) is 6.01. The Balaban J connectivity index is 1.61. The molecule has 0 spiro atoms. The highest BCUT2D eigenvalue weighted by Gasteiger charge is 2.34. The Morgan fingerprint density at radius 1 is 1.30 bits per heavy atom. The molecular weight excluding hydrogens is 364 g/mol. The van der Waals surface area contributed by atoms with Gasteiger partial charge in [-0.1, -0.05) is 41.9 Å². The summed E-state index contributed by atoms with van der Waals surface area (Å²) in [4.78, 5) is 26.7. The molecule has 6 heteroatoms. The fourth-order valence-corrected chi connectivity index (χ4v) is 3.39. The number of benzene rings is 2. The van der Waals surface area contributed by atoms with E-state index in [-0.39, 0.29) is 24.2 Å². The minimum Gasteiger partial charge on any atom is -0.495 e. The lowest BCUT2D eigenvalue weighted by molar-refractivity contribution is -0.128. The number of amides is 2. The molecule has 1 heterocycles. The first kappa shape index (κ1) is 19.2. The van der Waals surface area contributed by atoms with Crippen molar-refractivity contribution in [2.45, 2.75) is 19.8 Å². The molecular formula is C21H23ClN2O3. The molecule has 2 aromatic carbocycles. The monoisotopic (exact) mass is 386 g/mol. The van der Waals surface area contributed by atoms with Crippen molar-refractivity contribution in [3.05, 3.63) is 58.6 Å². The van der Waals surface area contributed by atoms with Crippen molar-refractivity contribution in [1.82, 2.24) is 4.90 Å². The molecule has 0 bridgehead atoms. The van der Waals surface area contributed by atoms with E-state index in [0.717, 1.165) is 12.0 Å². The molecule has 1 aliphatic heterocycles. The number of nitrogens with zero attached hydrogens (tertiary/aromatic N) is 1. The summed E-state index contributed by atoms with van der Waals surface area (Å²) in [6.45, 7) is 2.92. The van der Waals surface area contributed by atoms with Crippen molar-refractivity contribution in [3.63, 3.8) is 0 Å². The number of rotatable bonds is 6. The van der Waals surface area contributed by atoms with Gasteiger partial charge in [0.25, 0.3) is 0 Å². The van der Waals surface area contributed by atoms with Gasteiger partial charge in [0.1, 0.15) is 5.75 Å². The zero-order chi connectivity index (χ0) is 19.4. The van der Waals surface area contributed by atoms with Gasteiger partial charge < -0.3 is 15.0 Å². The Morgan fingerprint density at radius 2 is 2.04 bits per heavy atom. The lowest BCUT2D eigenvalue weighted by atomic mass is 10.1. The molecule has 1 fully saturated rings. The molecule has 1 N–H and O–H groups in total. The zero-order valence-electron chi connectivity index (χ0n) is 15.5. The van der Waals surface area contributed by atoms with Gasteiger partial charge in [-0.3, -0.25) is 9.59 Å². The number of nitrogens with one attached hydrogen (secondary N) is 1. The molecule has 0 aromatic heterocycles. The number of methoxy groups -OCH3 is 1. The molecule has 1 atom stereocenters. The molecule has 1 saturated heterocycles. The summed E-state index contributed by atoms with van der Waals surface area (Å²) in [5.74, 6) is -0.0194. The van der Waals surface area contributed by atoms with Crippen LogP contribution < -0.4 is 10.1 Å². The van der Waals surface area contributed by atoms with Crippen molar-refractivity contribution in [2.24, 2.45) is 5.92 Å². The number of ether oxygens (including phenoxy) is 1. The summed E-state index contributed by atoms with van der Waals surface area (Å²) >= 11 is 6.11. The van der Waals surface area contributed by atoms with E-state index in [0.29, 0.717) is 29.5 Å². The quantitative estimate of drug-likeness (QED) is 0.823. The lowest BCUT2D eigenvalue weighted by Crippen LogP contribution is -2.30. The third kappa shape index (κ3) is 4.61. The van der Waals surface area contributed by atoms with Gasteiger partial charge in [-0.05, 0) is 30.5 Å². The van der Waals surface area contributed by atoms with Gasteiger partial charge in [0, 0.05) is 30.6 Å². The molecule has 0 aliphatic carbocycles. The number of carbonyl (C=O) groups excluding carboxylic acids is 2. The van der Waals surface area contributed by atoms with E-state index in [2.05, 4.69) is 5.32 Å². The standard InChI is InChI=1S/C21H23ClN2O3/c1-14-10-18(19(27-2)12-17(14)22)23-21(26)16-11-20(25)24(13-16)9-8-15-6-4-3-5-7-15/h3-7,10,12,16H,8-9,11,13H2,1-2H3,(H,23,26)/t16-/m0/s1. The number of hydrogen-bond acceptors (Lipinski definition) is 3. The van der Waals surface area contributed by atoms with Gasteiger partial charge in [0.05, 0.1) is 18.7 Å². The Labute approximate surface area is 164 Å². The summed E-state index contributed by atoms with van der Waals surface area (Å²) in [7, 11) is 1.53. The highest BCUT2D eigenvalue weighted by atomic mass is 35.5. The van der Waals surface area contributed by atoms with Crippen LogP contribution in [0.4, 0.5) is 5.69 Å². The van der Waals surface area contributed by atoms with E-state index in [4.69, 9.17) is 16.3 Å². The van der Waals surface area contributed by atoms with Crippen LogP contribution in [-0.2, 0) is 16.0 Å². The number of likely N-dealkylation sites (tertiary alicyclic amines) is 1. The number of hydrogen-bond donors (Lipinski definition) is 1. The van der Waals surface area contributed by atoms with Gasteiger partial charge in [-0.2, -0.15) is 0 Å². The van der Waals surface area contributed by atoms with Crippen LogP contribution in [0.25, 0.3) is 0 Å². The van der Waals surface area contributed by atoms with Crippen LogP contribution in [0.15, 0.2) is 42.5 Å². The fraction of sp³-hybridized carbons (Fsp3) is 0.333. The zero-order valence-corrected chi connectivity index (χ0v) is 16.3. The summed E-state index contributed by atoms with van der Waals surface area (Å²) in [6.07, 6.45) is 1.01. The molecule has 0 radical (unpaired) electrons. The number of anilines is 1. The van der Waals surface area contributed by atoms with E-state index in [9.17, 15) is 9.59 Å². The largest absolute Gasteiger partial charge is 0.495 e. The lowest BCUT2D eigenvalue weighted by Gasteiger charge is -2.17. The second-order valence-electron chi connectivity index (χ2n) is 6.77. The van der Waals surface area contributed by atoms with Crippen LogP contribution >= 0.6 is 11.6 Å². The maximum atomic E-state index is 12.7. The first-order valence-electron chi connectivity index (χ1n) is 8.94. The maximum absolute atomic E-state index is 12.7. The predicted molar refractivity (Wildman–Crippen MR) is 106 cm³/mol. The van der Waals surface area contributed by atoms with Crippen molar-refractivity contribution < 1.29 is 14.3 Å². The van der Waals surface area contributed by atoms with Crippen molar-refractivity contribution in [3.8, 4) is 5.75 Å². The van der Waals surface area contributed by atoms with Crippen LogP contribution in [-0.4, -0.2) is 36.9 Å². The van der Waals surface area contributed by atoms with Crippen molar-refractivity contribution in [2.75, 3.05) is 25.5 Å². The Morgan fingerprint density at radius 3 is 2.74 bits per heavy atom. The average Bonchev–Trinajstić information content (AvgIpc) is 3.04. The average molecular weight is 387 g/mol. The highest BCUT2D eigenvalue weighted by Crippen LogP contribution is 2.32. The van der Waals surface area contributed by atoms with Crippen molar-refractivity contribution >= 4 is 29.1 Å². The Hall–Kier alpha value is -2.53. The van der Waals surface area contributed by atoms with Crippen LogP contribution in [0, 0.1) is 12.8 Å². The topological polar surface area (TPSA) is 58.6 Å². The van der Waals surface area contributed by atoms with E-state index < -0.39 is 0 Å². The molecule has 142 valence electrons. The van der Waals surface area contributed by atoms with Gasteiger partial charge in [0.2, 0.25) is 11.8 Å². The number of aryl methyl sites for hydroxylation is 1. The van der Waals surface area contributed by atoms with Gasteiger partial charge in [-0.15, -0.1) is 0 Å². The SMILES string of the molecule is COc1cc(Cl)c(C)cc1NC(=O)[C@H]1CC(=O)N(CCc2ccccc2)C1. The van der Waals surface area contributed by atoms with Gasteiger partial charge in [0.15, 0.2) is 0 Å². The molecule has 27 heavy (non-hydrogen) atoms.